The minimum Gasteiger partial charge on any atom is -0.478 e. The van der Waals surface area contributed by atoms with E-state index in [1.54, 1.807) is 26.1 Å². The summed E-state index contributed by atoms with van der Waals surface area (Å²) in [5.74, 6) is -1.56. The summed E-state index contributed by atoms with van der Waals surface area (Å²) in [7, 11) is 1.60. The maximum Gasteiger partial charge on any atom is 0.339 e. The van der Waals surface area contributed by atoms with Crippen molar-refractivity contribution in [2.24, 2.45) is 7.05 Å². The molecule has 0 fully saturated rings. The molecule has 2 aromatic rings. The summed E-state index contributed by atoms with van der Waals surface area (Å²) in [4.78, 5) is 11.2. The minimum atomic E-state index is -1.10. The Morgan fingerprint density at radius 2 is 2.06 bits per heavy atom. The SMILES string of the molecule is Cc1nn(C)c(-c2ccccc2F)c1C(=O)O. The van der Waals surface area contributed by atoms with E-state index in [0.717, 1.165) is 0 Å². The lowest BCUT2D eigenvalue weighted by atomic mass is 10.1. The van der Waals surface area contributed by atoms with Crippen molar-refractivity contribution >= 4 is 5.97 Å². The highest BCUT2D eigenvalue weighted by atomic mass is 19.1. The fourth-order valence-corrected chi connectivity index (χ4v) is 1.88. The van der Waals surface area contributed by atoms with Gasteiger partial charge in [-0.3, -0.25) is 4.68 Å². The number of hydrogen-bond donors (Lipinski definition) is 1. The molecule has 17 heavy (non-hydrogen) atoms. The van der Waals surface area contributed by atoms with Crippen LogP contribution in [-0.4, -0.2) is 20.9 Å². The molecule has 0 unspecified atom stereocenters. The standard InChI is InChI=1S/C12H11FN2O2/c1-7-10(12(16)17)11(15(2)14-7)8-5-3-4-6-9(8)13/h3-6H,1-2H3,(H,16,17). The molecule has 5 heteroatoms. The van der Waals surface area contributed by atoms with Crippen LogP contribution in [0.1, 0.15) is 16.1 Å². The lowest BCUT2D eigenvalue weighted by Gasteiger charge is -2.05. The first-order chi connectivity index (χ1) is 8.02. The van der Waals surface area contributed by atoms with E-state index in [4.69, 9.17) is 5.11 Å². The number of carboxylic acid groups (broad SMARTS) is 1. The van der Waals surface area contributed by atoms with Crippen LogP contribution in [0.5, 0.6) is 0 Å². The molecule has 0 aliphatic rings. The van der Waals surface area contributed by atoms with Crippen LogP contribution in [0.3, 0.4) is 0 Å². The van der Waals surface area contributed by atoms with E-state index in [-0.39, 0.29) is 16.8 Å². The Kier molecular flexibility index (Phi) is 2.67. The number of aryl methyl sites for hydroxylation is 2. The van der Waals surface area contributed by atoms with Crippen LogP contribution in [0.4, 0.5) is 4.39 Å². The molecule has 0 saturated heterocycles. The fourth-order valence-electron chi connectivity index (χ4n) is 1.88. The Morgan fingerprint density at radius 1 is 1.41 bits per heavy atom. The maximum absolute atomic E-state index is 13.7. The zero-order valence-corrected chi connectivity index (χ0v) is 9.44. The summed E-state index contributed by atoms with van der Waals surface area (Å²) >= 11 is 0. The van der Waals surface area contributed by atoms with E-state index in [0.29, 0.717) is 5.69 Å². The molecule has 0 amide bonds. The van der Waals surface area contributed by atoms with Crippen molar-refractivity contribution in [2.45, 2.75) is 6.92 Å². The molecule has 1 N–H and O–H groups in total. The summed E-state index contributed by atoms with van der Waals surface area (Å²) in [5.41, 5.74) is 0.942. The first kappa shape index (κ1) is 11.3. The van der Waals surface area contributed by atoms with Gasteiger partial charge in [-0.25, -0.2) is 9.18 Å². The fraction of sp³-hybridized carbons (Fsp3) is 0.167. The molecule has 0 atom stereocenters. The number of aromatic nitrogens is 2. The van der Waals surface area contributed by atoms with E-state index in [2.05, 4.69) is 5.10 Å². The molecule has 1 aromatic carbocycles. The number of hydrogen-bond acceptors (Lipinski definition) is 2. The molecular formula is C12H11FN2O2. The van der Waals surface area contributed by atoms with Crippen LogP contribution in [-0.2, 0) is 7.05 Å². The second kappa shape index (κ2) is 4.01. The van der Waals surface area contributed by atoms with Gasteiger partial charge >= 0.3 is 5.97 Å². The molecule has 1 heterocycles. The molecule has 1 aromatic heterocycles. The second-order valence-electron chi connectivity index (χ2n) is 3.72. The van der Waals surface area contributed by atoms with Gasteiger partial charge in [0.15, 0.2) is 0 Å². The number of nitrogens with zero attached hydrogens (tertiary/aromatic N) is 2. The van der Waals surface area contributed by atoms with Crippen molar-refractivity contribution in [1.82, 2.24) is 9.78 Å². The monoisotopic (exact) mass is 234 g/mol. The second-order valence-corrected chi connectivity index (χ2v) is 3.72. The number of rotatable bonds is 2. The molecule has 4 nitrogen and oxygen atoms in total. The van der Waals surface area contributed by atoms with E-state index in [1.165, 1.54) is 16.8 Å². The molecule has 0 spiro atoms. The van der Waals surface area contributed by atoms with Gasteiger partial charge in [0.25, 0.3) is 0 Å². The van der Waals surface area contributed by atoms with Crippen LogP contribution in [0.2, 0.25) is 0 Å². The highest BCUT2D eigenvalue weighted by molar-refractivity contribution is 5.96. The van der Waals surface area contributed by atoms with Crippen molar-refractivity contribution in [3.8, 4) is 11.3 Å². The van der Waals surface area contributed by atoms with Crippen LogP contribution in [0.15, 0.2) is 24.3 Å². The summed E-state index contributed by atoms with van der Waals surface area (Å²) in [6.45, 7) is 1.59. The Labute approximate surface area is 97.3 Å². The summed E-state index contributed by atoms with van der Waals surface area (Å²) < 4.78 is 15.1. The van der Waals surface area contributed by atoms with Gasteiger partial charge in [0.1, 0.15) is 11.4 Å². The van der Waals surface area contributed by atoms with Gasteiger partial charge in [-0.2, -0.15) is 5.10 Å². The number of carboxylic acids is 1. The zero-order chi connectivity index (χ0) is 12.6. The van der Waals surface area contributed by atoms with E-state index in [1.807, 2.05) is 0 Å². The number of aromatic carboxylic acids is 1. The van der Waals surface area contributed by atoms with Crippen LogP contribution < -0.4 is 0 Å². The molecule has 0 saturated carbocycles. The average molecular weight is 234 g/mol. The highest BCUT2D eigenvalue weighted by Crippen LogP contribution is 2.27. The van der Waals surface area contributed by atoms with Gasteiger partial charge in [0.2, 0.25) is 0 Å². The summed E-state index contributed by atoms with van der Waals surface area (Å²) in [6, 6.07) is 6.05. The number of carbonyl (C=O) groups is 1. The van der Waals surface area contributed by atoms with Crippen molar-refractivity contribution < 1.29 is 14.3 Å². The number of halogens is 1. The van der Waals surface area contributed by atoms with Gasteiger partial charge in [-0.15, -0.1) is 0 Å². The normalized spacial score (nSPS) is 10.5. The highest BCUT2D eigenvalue weighted by Gasteiger charge is 2.22. The quantitative estimate of drug-likeness (QED) is 0.866. The zero-order valence-electron chi connectivity index (χ0n) is 9.44. The summed E-state index contributed by atoms with van der Waals surface area (Å²) in [5, 5.41) is 13.2. The lowest BCUT2D eigenvalue weighted by Crippen LogP contribution is -2.02. The van der Waals surface area contributed by atoms with Crippen molar-refractivity contribution in [3.05, 3.63) is 41.3 Å². The van der Waals surface area contributed by atoms with Gasteiger partial charge in [0.05, 0.1) is 11.4 Å². The Morgan fingerprint density at radius 3 is 2.65 bits per heavy atom. The molecule has 0 bridgehead atoms. The number of benzene rings is 1. The Balaban J connectivity index is 2.76. The minimum absolute atomic E-state index is 0.0394. The van der Waals surface area contributed by atoms with Crippen molar-refractivity contribution in [3.63, 3.8) is 0 Å². The Hall–Kier alpha value is -2.17. The lowest BCUT2D eigenvalue weighted by molar-refractivity contribution is 0.0697. The van der Waals surface area contributed by atoms with Crippen molar-refractivity contribution in [2.75, 3.05) is 0 Å². The molecule has 88 valence electrons. The van der Waals surface area contributed by atoms with Gasteiger partial charge < -0.3 is 5.11 Å². The average Bonchev–Trinajstić information content (AvgIpc) is 2.54. The third-order valence-corrected chi connectivity index (χ3v) is 2.57. The Bertz CT molecular complexity index is 590. The van der Waals surface area contributed by atoms with E-state index >= 15 is 0 Å². The van der Waals surface area contributed by atoms with Crippen LogP contribution in [0, 0.1) is 12.7 Å². The smallest absolute Gasteiger partial charge is 0.339 e. The molecular weight excluding hydrogens is 223 g/mol. The van der Waals surface area contributed by atoms with Gasteiger partial charge in [0, 0.05) is 12.6 Å². The third kappa shape index (κ3) is 1.80. The molecule has 0 radical (unpaired) electrons. The summed E-state index contributed by atoms with van der Waals surface area (Å²) in [6.07, 6.45) is 0. The molecule has 2 rings (SSSR count). The van der Waals surface area contributed by atoms with Crippen molar-refractivity contribution in [1.29, 1.82) is 0 Å². The predicted molar refractivity (Wildman–Crippen MR) is 60.3 cm³/mol. The van der Waals surface area contributed by atoms with Gasteiger partial charge in [-0.1, -0.05) is 12.1 Å². The third-order valence-electron chi connectivity index (χ3n) is 2.57. The molecule has 0 aliphatic carbocycles. The topological polar surface area (TPSA) is 55.1 Å². The maximum atomic E-state index is 13.7. The largest absolute Gasteiger partial charge is 0.478 e. The first-order valence-electron chi connectivity index (χ1n) is 5.04. The molecule has 0 aliphatic heterocycles. The van der Waals surface area contributed by atoms with Crippen LogP contribution >= 0.6 is 0 Å². The first-order valence-corrected chi connectivity index (χ1v) is 5.04. The predicted octanol–water partition coefficient (Wildman–Crippen LogP) is 2.23. The van der Waals surface area contributed by atoms with E-state index in [9.17, 15) is 9.18 Å². The van der Waals surface area contributed by atoms with E-state index < -0.39 is 11.8 Å². The van der Waals surface area contributed by atoms with Gasteiger partial charge in [-0.05, 0) is 19.1 Å². The van der Waals surface area contributed by atoms with Crippen LogP contribution in [0.25, 0.3) is 11.3 Å².